The number of rotatable bonds is 3. The number of aromatic nitrogens is 2. The van der Waals surface area contributed by atoms with Crippen LogP contribution in [-0.2, 0) is 11.8 Å². The predicted molar refractivity (Wildman–Crippen MR) is 123 cm³/mol. The van der Waals surface area contributed by atoms with Crippen LogP contribution in [0.5, 0.6) is 0 Å². The minimum atomic E-state index is -0.0480. The molecule has 164 valence electrons. The molecular weight excluding hydrogens is 429 g/mol. The quantitative estimate of drug-likeness (QED) is 0.604. The Bertz CT molecular complexity index is 1050. The molecular formula is C25H29Cl2N3O. The molecule has 4 bridgehead atoms. The summed E-state index contributed by atoms with van der Waals surface area (Å²) in [6, 6.07) is 5.56. The summed E-state index contributed by atoms with van der Waals surface area (Å²) < 4.78 is 1.93. The minimum Gasteiger partial charge on any atom is -0.345 e. The Balaban J connectivity index is 1.38. The zero-order valence-corrected chi connectivity index (χ0v) is 19.7. The van der Waals surface area contributed by atoms with E-state index in [4.69, 9.17) is 28.3 Å². The molecule has 4 nitrogen and oxygen atoms in total. The van der Waals surface area contributed by atoms with Crippen molar-refractivity contribution in [3.05, 3.63) is 45.2 Å². The molecule has 1 N–H and O–H groups in total. The van der Waals surface area contributed by atoms with Crippen molar-refractivity contribution >= 4 is 29.1 Å². The monoisotopic (exact) mass is 457 g/mol. The Morgan fingerprint density at radius 1 is 1.06 bits per heavy atom. The average molecular weight is 458 g/mol. The van der Waals surface area contributed by atoms with Crippen molar-refractivity contribution in [3.8, 4) is 5.69 Å². The third-order valence-electron chi connectivity index (χ3n) is 8.40. The van der Waals surface area contributed by atoms with Gasteiger partial charge in [0.1, 0.15) is 0 Å². The molecule has 5 aliphatic carbocycles. The third-order valence-corrected chi connectivity index (χ3v) is 9.14. The van der Waals surface area contributed by atoms with Gasteiger partial charge in [0.05, 0.1) is 21.4 Å². The van der Waals surface area contributed by atoms with E-state index in [1.807, 2.05) is 16.8 Å². The van der Waals surface area contributed by atoms with E-state index in [1.165, 1.54) is 19.3 Å². The molecule has 7 rings (SSSR count). The second-order valence-corrected chi connectivity index (χ2v) is 12.0. The highest BCUT2D eigenvalue weighted by Crippen LogP contribution is 2.55. The number of hydrogen-bond donors (Lipinski definition) is 1. The normalized spacial score (nSPS) is 32.3. The van der Waals surface area contributed by atoms with Crippen molar-refractivity contribution in [2.24, 2.45) is 17.8 Å². The summed E-state index contributed by atoms with van der Waals surface area (Å²) in [5, 5.41) is 9.41. The van der Waals surface area contributed by atoms with E-state index in [0.717, 1.165) is 66.8 Å². The Morgan fingerprint density at radius 2 is 1.71 bits per heavy atom. The number of nitrogens with zero attached hydrogens (tertiary/aromatic N) is 2. The highest BCUT2D eigenvalue weighted by Gasteiger charge is 2.52. The van der Waals surface area contributed by atoms with Crippen LogP contribution in [-0.4, -0.2) is 21.2 Å². The van der Waals surface area contributed by atoms with Crippen LogP contribution in [0.1, 0.15) is 80.5 Å². The van der Waals surface area contributed by atoms with Crippen LogP contribution in [0, 0.1) is 17.8 Å². The molecule has 5 aliphatic rings. The van der Waals surface area contributed by atoms with Crippen LogP contribution in [0.3, 0.4) is 0 Å². The summed E-state index contributed by atoms with van der Waals surface area (Å²) in [4.78, 5) is 13.6. The number of nitrogens with one attached hydrogen (secondary N) is 1. The fourth-order valence-electron chi connectivity index (χ4n) is 7.49. The average Bonchev–Trinajstić information content (AvgIpc) is 3.21. The van der Waals surface area contributed by atoms with Crippen molar-refractivity contribution in [1.82, 2.24) is 15.1 Å². The molecule has 0 spiro atoms. The summed E-state index contributed by atoms with van der Waals surface area (Å²) in [6.45, 7) is 4.46. The Morgan fingerprint density at radius 3 is 2.32 bits per heavy atom. The highest BCUT2D eigenvalue weighted by molar-refractivity contribution is 6.42. The van der Waals surface area contributed by atoms with E-state index in [0.29, 0.717) is 15.7 Å². The molecule has 0 aliphatic heterocycles. The van der Waals surface area contributed by atoms with Crippen LogP contribution in [0.2, 0.25) is 10.0 Å². The lowest BCUT2D eigenvalue weighted by Crippen LogP contribution is -2.60. The smallest absolute Gasteiger partial charge is 0.272 e. The molecule has 4 fully saturated rings. The van der Waals surface area contributed by atoms with Gasteiger partial charge >= 0.3 is 0 Å². The maximum atomic E-state index is 13.6. The lowest BCUT2D eigenvalue weighted by molar-refractivity contribution is -0.0168. The molecule has 0 atom stereocenters. The van der Waals surface area contributed by atoms with Gasteiger partial charge in [-0.25, -0.2) is 4.68 Å². The first kappa shape index (κ1) is 20.1. The topological polar surface area (TPSA) is 46.9 Å². The van der Waals surface area contributed by atoms with Gasteiger partial charge in [-0.2, -0.15) is 5.10 Å². The van der Waals surface area contributed by atoms with Crippen LogP contribution in [0.15, 0.2) is 18.2 Å². The van der Waals surface area contributed by atoms with Gasteiger partial charge in [0, 0.05) is 16.5 Å². The largest absolute Gasteiger partial charge is 0.345 e. The van der Waals surface area contributed by atoms with Crippen molar-refractivity contribution in [2.45, 2.75) is 76.2 Å². The maximum absolute atomic E-state index is 13.6. The molecule has 1 amide bonds. The van der Waals surface area contributed by atoms with E-state index >= 15 is 0 Å². The highest BCUT2D eigenvalue weighted by atomic mass is 35.5. The molecule has 0 radical (unpaired) electrons. The van der Waals surface area contributed by atoms with Gasteiger partial charge in [0.2, 0.25) is 0 Å². The zero-order valence-electron chi connectivity index (χ0n) is 18.2. The molecule has 1 aromatic carbocycles. The number of halogens is 2. The van der Waals surface area contributed by atoms with Gasteiger partial charge in [-0.15, -0.1) is 0 Å². The Hall–Kier alpha value is -1.52. The van der Waals surface area contributed by atoms with Crippen LogP contribution < -0.4 is 5.32 Å². The summed E-state index contributed by atoms with van der Waals surface area (Å²) in [5.41, 5.74) is 3.62. The predicted octanol–water partition coefficient (Wildman–Crippen LogP) is 6.10. The first-order chi connectivity index (χ1) is 14.7. The summed E-state index contributed by atoms with van der Waals surface area (Å²) in [5.74, 6) is 2.40. The first-order valence-electron chi connectivity index (χ1n) is 11.6. The second-order valence-electron chi connectivity index (χ2n) is 11.2. The van der Waals surface area contributed by atoms with E-state index in [-0.39, 0.29) is 16.9 Å². The van der Waals surface area contributed by atoms with Gasteiger partial charge in [-0.05, 0) is 87.3 Å². The number of fused-ring (bicyclic) bond motifs is 1. The van der Waals surface area contributed by atoms with Crippen molar-refractivity contribution in [2.75, 3.05) is 0 Å². The number of amides is 1. The zero-order chi connectivity index (χ0) is 21.5. The number of carbonyl (C=O) groups is 1. The van der Waals surface area contributed by atoms with E-state index in [2.05, 4.69) is 19.2 Å². The third kappa shape index (κ3) is 3.16. The SMILES string of the molecule is CC1(C)CCc2c(C(=O)NC34CC5CC(CC(C5)C3)C4)nn(-c3ccc(Cl)c(Cl)c3)c21. The number of benzene rings is 1. The molecule has 0 saturated heterocycles. The van der Waals surface area contributed by atoms with Crippen molar-refractivity contribution in [3.63, 3.8) is 0 Å². The summed E-state index contributed by atoms with van der Waals surface area (Å²) in [7, 11) is 0. The molecule has 4 saturated carbocycles. The lowest BCUT2D eigenvalue weighted by Gasteiger charge is -2.56. The van der Waals surface area contributed by atoms with Crippen LogP contribution in [0.25, 0.3) is 5.69 Å². The molecule has 31 heavy (non-hydrogen) atoms. The van der Waals surface area contributed by atoms with Crippen LogP contribution >= 0.6 is 23.2 Å². The van der Waals surface area contributed by atoms with Crippen molar-refractivity contribution < 1.29 is 4.79 Å². The lowest BCUT2D eigenvalue weighted by atomic mass is 9.53. The van der Waals surface area contributed by atoms with Gasteiger partial charge in [0.25, 0.3) is 5.91 Å². The molecule has 6 heteroatoms. The van der Waals surface area contributed by atoms with E-state index < -0.39 is 0 Å². The van der Waals surface area contributed by atoms with Gasteiger partial charge in [-0.3, -0.25) is 4.79 Å². The van der Waals surface area contributed by atoms with Gasteiger partial charge in [0.15, 0.2) is 5.69 Å². The number of hydrogen-bond acceptors (Lipinski definition) is 2. The standard InChI is InChI=1S/C25H29Cl2N3O/c1-24(2)6-5-18-21(29-30(22(18)24)17-3-4-19(26)20(27)10-17)23(31)28-25-11-14-7-15(12-25)9-16(8-14)13-25/h3-4,10,14-16H,5-9,11-13H2,1-2H3,(H,28,31). The van der Waals surface area contributed by atoms with Crippen molar-refractivity contribution in [1.29, 1.82) is 0 Å². The molecule has 2 aromatic rings. The fraction of sp³-hybridized carbons (Fsp3) is 0.600. The van der Waals surface area contributed by atoms with Gasteiger partial charge in [-0.1, -0.05) is 37.0 Å². The second kappa shape index (κ2) is 6.74. The summed E-state index contributed by atoms with van der Waals surface area (Å²) in [6.07, 6.45) is 9.43. The molecule has 1 aromatic heterocycles. The Kier molecular flexibility index (Phi) is 4.37. The Labute approximate surface area is 193 Å². The minimum absolute atomic E-state index is 0.00899. The summed E-state index contributed by atoms with van der Waals surface area (Å²) >= 11 is 12.5. The van der Waals surface area contributed by atoms with E-state index in [1.54, 1.807) is 6.07 Å². The van der Waals surface area contributed by atoms with Gasteiger partial charge < -0.3 is 5.32 Å². The number of carbonyl (C=O) groups excluding carboxylic acids is 1. The maximum Gasteiger partial charge on any atom is 0.272 e. The van der Waals surface area contributed by atoms with Crippen LogP contribution in [0.4, 0.5) is 0 Å². The molecule has 1 heterocycles. The first-order valence-corrected chi connectivity index (χ1v) is 12.4. The fourth-order valence-corrected chi connectivity index (χ4v) is 7.78. The molecule has 0 unspecified atom stereocenters. The van der Waals surface area contributed by atoms with E-state index in [9.17, 15) is 4.79 Å².